The number of hydrogen-bond donors (Lipinski definition) is 0. The van der Waals surface area contributed by atoms with Gasteiger partial charge in [0, 0.05) is 54.8 Å². The van der Waals surface area contributed by atoms with Gasteiger partial charge in [-0.05, 0) is 92.1 Å². The van der Waals surface area contributed by atoms with Crippen LogP contribution in [0.3, 0.4) is 0 Å². The van der Waals surface area contributed by atoms with E-state index in [1.807, 2.05) is 44.3 Å². The predicted octanol–water partition coefficient (Wildman–Crippen LogP) is 14.1. The topological polar surface area (TPSA) is 69.6 Å². The van der Waals surface area contributed by atoms with Gasteiger partial charge in [0.1, 0.15) is 0 Å². The number of furan rings is 1. The summed E-state index contributed by atoms with van der Waals surface area (Å²) >= 11 is 0. The average molecular weight is 1040 g/mol. The van der Waals surface area contributed by atoms with Crippen LogP contribution in [0.25, 0.3) is 72.6 Å². The summed E-state index contributed by atoms with van der Waals surface area (Å²) in [6.07, 6.45) is 12.0. The Labute approximate surface area is 393 Å². The summed E-state index contributed by atoms with van der Waals surface area (Å²) in [4.78, 5) is 19.3. The molecular weight excluding hydrogens is 979 g/mol. The van der Waals surface area contributed by atoms with E-state index in [-0.39, 0.29) is 20.1 Å². The quantitative estimate of drug-likeness (QED) is 0.112. The Morgan fingerprint density at radius 3 is 2.30 bits per heavy atom. The molecule has 0 saturated heterocycles. The molecule has 1 radical (unpaired) electrons. The molecule has 1 fully saturated rings. The molecule has 1 aliphatic rings. The van der Waals surface area contributed by atoms with Crippen LogP contribution in [0.4, 0.5) is 0 Å². The fourth-order valence-electron chi connectivity index (χ4n) is 9.35. The molecule has 0 bridgehead atoms. The second-order valence-corrected chi connectivity index (χ2v) is 23.8. The SMILES string of the molecule is CC(C)Cc1cc(-c2[c-]ccc(C3CCCCC3)c2)ncc1[Si](C)(C)C.Cc1cc2c(nc1C)oc1c(-c3nc4c(C)nccc4n3-c3ccccc3-c3ccccc3)[c-]ccc12.[Ir]. The van der Waals surface area contributed by atoms with E-state index in [0.29, 0.717) is 11.6 Å². The maximum Gasteiger partial charge on any atom is 0.216 e. The first-order valence-electron chi connectivity index (χ1n) is 22.7. The van der Waals surface area contributed by atoms with Crippen molar-refractivity contribution in [2.75, 3.05) is 0 Å². The minimum absolute atomic E-state index is 0. The first-order valence-corrected chi connectivity index (χ1v) is 26.2. The van der Waals surface area contributed by atoms with Gasteiger partial charge in [0.15, 0.2) is 0 Å². The van der Waals surface area contributed by atoms with Gasteiger partial charge in [0.25, 0.3) is 0 Å². The predicted molar refractivity (Wildman–Crippen MR) is 264 cm³/mol. The van der Waals surface area contributed by atoms with Gasteiger partial charge in [-0.25, -0.2) is 4.98 Å². The van der Waals surface area contributed by atoms with E-state index in [0.717, 1.165) is 90.6 Å². The number of aryl methyl sites for hydroxylation is 3. The second kappa shape index (κ2) is 18.9. The number of fused-ring (bicyclic) bond motifs is 4. The zero-order chi connectivity index (χ0) is 43.8. The minimum Gasteiger partial charge on any atom is -0.486 e. The maximum atomic E-state index is 6.39. The van der Waals surface area contributed by atoms with Gasteiger partial charge in [-0.15, -0.1) is 53.6 Å². The number of hydrogen-bond acceptors (Lipinski definition) is 5. The van der Waals surface area contributed by atoms with Gasteiger partial charge in [0.05, 0.1) is 36.2 Å². The molecule has 1 saturated carbocycles. The fraction of sp³-hybridized carbons (Fsp3) is 0.286. The number of nitrogens with zero attached hydrogens (tertiary/aromatic N) is 5. The molecule has 64 heavy (non-hydrogen) atoms. The molecule has 0 spiro atoms. The Kier molecular flexibility index (Phi) is 13.3. The molecule has 5 aromatic heterocycles. The number of rotatable bonds is 8. The number of pyridine rings is 3. The van der Waals surface area contributed by atoms with Crippen molar-refractivity contribution in [3.05, 3.63) is 156 Å². The van der Waals surface area contributed by atoms with E-state index < -0.39 is 8.07 Å². The number of para-hydroxylation sites is 1. The van der Waals surface area contributed by atoms with Crippen LogP contribution in [0.2, 0.25) is 19.6 Å². The largest absolute Gasteiger partial charge is 0.486 e. The average Bonchev–Trinajstić information content (AvgIpc) is 3.86. The summed E-state index contributed by atoms with van der Waals surface area (Å²) in [5, 5.41) is 3.51. The van der Waals surface area contributed by atoms with Crippen molar-refractivity contribution in [2.45, 2.75) is 98.7 Å². The number of benzene rings is 4. The molecular formula is C56H57IrN5OSi-2. The van der Waals surface area contributed by atoms with Crippen LogP contribution >= 0.6 is 0 Å². The van der Waals surface area contributed by atoms with Gasteiger partial charge in [0.2, 0.25) is 5.71 Å². The van der Waals surface area contributed by atoms with E-state index in [1.165, 1.54) is 54.0 Å². The Morgan fingerprint density at radius 1 is 0.781 bits per heavy atom. The molecule has 0 N–H and O–H groups in total. The third kappa shape index (κ3) is 9.06. The van der Waals surface area contributed by atoms with E-state index in [9.17, 15) is 0 Å². The first-order chi connectivity index (χ1) is 30.4. The zero-order valence-corrected chi connectivity index (χ0v) is 41.7. The molecule has 1 aliphatic carbocycles. The first kappa shape index (κ1) is 45.1. The summed E-state index contributed by atoms with van der Waals surface area (Å²) in [5.41, 5.74) is 15.5. The molecule has 327 valence electrons. The smallest absolute Gasteiger partial charge is 0.216 e. The third-order valence-electron chi connectivity index (χ3n) is 12.7. The van der Waals surface area contributed by atoms with Crippen molar-refractivity contribution in [1.82, 2.24) is 24.5 Å². The van der Waals surface area contributed by atoms with Crippen LogP contribution in [-0.2, 0) is 26.5 Å². The molecule has 0 atom stereocenters. The Bertz CT molecular complexity index is 3080. The Morgan fingerprint density at radius 2 is 1.53 bits per heavy atom. The van der Waals surface area contributed by atoms with Crippen LogP contribution in [-0.4, -0.2) is 32.6 Å². The normalized spacial score (nSPS) is 13.3. The summed E-state index contributed by atoms with van der Waals surface area (Å²) in [6.45, 7) is 18.0. The summed E-state index contributed by atoms with van der Waals surface area (Å²) in [7, 11) is -1.38. The third-order valence-corrected chi connectivity index (χ3v) is 14.7. The molecule has 8 heteroatoms. The molecule has 0 aliphatic heterocycles. The molecule has 0 amide bonds. The van der Waals surface area contributed by atoms with Crippen molar-refractivity contribution in [3.8, 4) is 39.5 Å². The van der Waals surface area contributed by atoms with Gasteiger partial charge in [-0.1, -0.05) is 124 Å². The van der Waals surface area contributed by atoms with E-state index in [1.54, 1.807) is 0 Å². The van der Waals surface area contributed by atoms with Crippen LogP contribution in [0, 0.1) is 38.8 Å². The summed E-state index contributed by atoms with van der Waals surface area (Å²) < 4.78 is 8.60. The van der Waals surface area contributed by atoms with E-state index >= 15 is 0 Å². The summed E-state index contributed by atoms with van der Waals surface area (Å²) in [6, 6.07) is 43.0. The number of aromatic nitrogens is 5. The molecule has 0 unspecified atom stereocenters. The number of imidazole rings is 1. The Balaban J connectivity index is 0.000000184. The van der Waals surface area contributed by atoms with Gasteiger partial charge in [-0.2, -0.15) is 0 Å². The van der Waals surface area contributed by atoms with Crippen molar-refractivity contribution in [3.63, 3.8) is 0 Å². The van der Waals surface area contributed by atoms with Crippen molar-refractivity contribution >= 4 is 46.4 Å². The van der Waals surface area contributed by atoms with Gasteiger partial charge >= 0.3 is 0 Å². The van der Waals surface area contributed by atoms with E-state index in [4.69, 9.17) is 19.4 Å². The van der Waals surface area contributed by atoms with Crippen LogP contribution in [0.1, 0.15) is 79.9 Å². The van der Waals surface area contributed by atoms with E-state index in [2.05, 4.69) is 147 Å². The van der Waals surface area contributed by atoms with Crippen LogP contribution in [0.15, 0.2) is 120 Å². The standard InChI is InChI=1S/C32H23N4O.C24H34NSi.Ir/c1-19-18-26-24-13-9-14-25(30(24)37-32(26)34-20(19)2)31-35-29-21(3)33-17-16-28(29)36(31)27-15-8-7-12-23(27)22-10-5-4-6-11-22;1-18(2)14-22-16-23(25-17-24(22)26(3,4)5)21-13-9-12-20(15-21)19-10-7-6-8-11-19;/h4-13,15-18H,1-3H3;9,12,15-19H,6-8,10-11,14H2,1-5H3;/q2*-1;. The fourth-order valence-corrected chi connectivity index (χ4v) is 10.9. The van der Waals surface area contributed by atoms with Crippen molar-refractivity contribution < 1.29 is 24.5 Å². The van der Waals surface area contributed by atoms with Crippen LogP contribution in [0.5, 0.6) is 0 Å². The van der Waals surface area contributed by atoms with Crippen molar-refractivity contribution in [2.24, 2.45) is 5.92 Å². The molecule has 9 aromatic rings. The zero-order valence-electron chi connectivity index (χ0n) is 38.3. The second-order valence-electron chi connectivity index (χ2n) is 18.8. The summed E-state index contributed by atoms with van der Waals surface area (Å²) in [5.74, 6) is 2.15. The van der Waals surface area contributed by atoms with Gasteiger partial charge in [-0.3, -0.25) is 9.97 Å². The molecule has 10 rings (SSSR count). The molecule has 4 aromatic carbocycles. The molecule has 5 heterocycles. The minimum atomic E-state index is -1.38. The molecule has 6 nitrogen and oxygen atoms in total. The monoisotopic (exact) mass is 1040 g/mol. The Hall–Kier alpha value is -5.53. The maximum absolute atomic E-state index is 6.39. The van der Waals surface area contributed by atoms with Crippen molar-refractivity contribution in [1.29, 1.82) is 0 Å². The van der Waals surface area contributed by atoms with Crippen LogP contribution < -0.4 is 5.19 Å². The van der Waals surface area contributed by atoms with Gasteiger partial charge < -0.3 is 14.0 Å².